The van der Waals surface area contributed by atoms with Crippen LogP contribution in [0.1, 0.15) is 0 Å². The van der Waals surface area contributed by atoms with Gasteiger partial charge in [0.2, 0.25) is 0 Å². The van der Waals surface area contributed by atoms with Crippen molar-refractivity contribution in [1.29, 1.82) is 0 Å². The summed E-state index contributed by atoms with van der Waals surface area (Å²) >= 11 is 0. The second kappa shape index (κ2) is 7.48. The van der Waals surface area contributed by atoms with Gasteiger partial charge in [0, 0.05) is 11.3 Å². The van der Waals surface area contributed by atoms with E-state index >= 15 is 0 Å². The molecule has 3 aromatic rings. The van der Waals surface area contributed by atoms with Crippen LogP contribution in [0.15, 0.2) is 66.7 Å². The number of para-hydroxylation sites is 1. The Morgan fingerprint density at radius 3 is 2.31 bits per heavy atom. The molecular weight excluding hydrogens is 330 g/mol. The number of carbonyl (C=O) groups excluding carboxylic acids is 1. The molecule has 0 heterocycles. The SMILES string of the molecule is COc1ccc(OC(=O)Nc2cccc(-c3cccc(N)c3)c2N)cc1. The van der Waals surface area contributed by atoms with Gasteiger partial charge in [-0.3, -0.25) is 5.32 Å². The summed E-state index contributed by atoms with van der Waals surface area (Å²) in [6.45, 7) is 0. The highest BCUT2D eigenvalue weighted by Gasteiger charge is 2.11. The molecule has 0 saturated heterocycles. The average molecular weight is 349 g/mol. The van der Waals surface area contributed by atoms with Crippen molar-refractivity contribution in [3.63, 3.8) is 0 Å². The lowest BCUT2D eigenvalue weighted by molar-refractivity contribution is 0.215. The van der Waals surface area contributed by atoms with Crippen molar-refractivity contribution in [1.82, 2.24) is 0 Å². The van der Waals surface area contributed by atoms with Crippen molar-refractivity contribution in [3.05, 3.63) is 66.7 Å². The number of ether oxygens (including phenoxy) is 2. The van der Waals surface area contributed by atoms with E-state index in [1.807, 2.05) is 24.3 Å². The van der Waals surface area contributed by atoms with Crippen LogP contribution in [0.5, 0.6) is 11.5 Å². The Labute approximate surface area is 151 Å². The molecule has 5 N–H and O–H groups in total. The number of amides is 1. The normalized spacial score (nSPS) is 10.2. The number of methoxy groups -OCH3 is 1. The fourth-order valence-corrected chi connectivity index (χ4v) is 2.52. The van der Waals surface area contributed by atoms with Crippen molar-refractivity contribution in [2.75, 3.05) is 23.9 Å². The van der Waals surface area contributed by atoms with Gasteiger partial charge in [0.05, 0.1) is 18.5 Å². The number of carbonyl (C=O) groups is 1. The molecule has 0 saturated carbocycles. The molecule has 0 aliphatic rings. The third kappa shape index (κ3) is 3.87. The minimum absolute atomic E-state index is 0.397. The van der Waals surface area contributed by atoms with E-state index in [1.165, 1.54) is 0 Å². The second-order valence-electron chi connectivity index (χ2n) is 5.58. The van der Waals surface area contributed by atoms with E-state index in [2.05, 4.69) is 5.32 Å². The fourth-order valence-electron chi connectivity index (χ4n) is 2.52. The fraction of sp³-hybridized carbons (Fsp3) is 0.0500. The highest BCUT2D eigenvalue weighted by atomic mass is 16.6. The molecule has 0 unspecified atom stereocenters. The Hall–Kier alpha value is -3.67. The van der Waals surface area contributed by atoms with Gasteiger partial charge in [-0.25, -0.2) is 4.79 Å². The van der Waals surface area contributed by atoms with Crippen LogP contribution in [-0.2, 0) is 0 Å². The third-order valence-corrected chi connectivity index (χ3v) is 3.81. The van der Waals surface area contributed by atoms with Crippen LogP contribution in [0, 0.1) is 0 Å². The molecule has 3 aromatic carbocycles. The van der Waals surface area contributed by atoms with Gasteiger partial charge in [-0.2, -0.15) is 0 Å². The highest BCUT2D eigenvalue weighted by Crippen LogP contribution is 2.32. The first-order chi connectivity index (χ1) is 12.6. The predicted molar refractivity (Wildman–Crippen MR) is 103 cm³/mol. The molecule has 1 amide bonds. The number of hydrogen-bond acceptors (Lipinski definition) is 5. The molecule has 0 aliphatic carbocycles. The molecule has 0 fully saturated rings. The summed E-state index contributed by atoms with van der Waals surface area (Å²) in [4.78, 5) is 12.2. The van der Waals surface area contributed by atoms with Gasteiger partial charge in [-0.15, -0.1) is 0 Å². The standard InChI is InChI=1S/C20H19N3O3/c1-25-15-8-10-16(11-9-15)26-20(24)23-18-7-3-6-17(19(18)22)13-4-2-5-14(21)12-13/h2-12H,21-22H2,1H3,(H,23,24). The highest BCUT2D eigenvalue weighted by molar-refractivity contribution is 5.95. The van der Waals surface area contributed by atoms with E-state index in [-0.39, 0.29) is 0 Å². The van der Waals surface area contributed by atoms with Crippen LogP contribution in [0.4, 0.5) is 21.9 Å². The van der Waals surface area contributed by atoms with E-state index < -0.39 is 6.09 Å². The molecule has 132 valence electrons. The average Bonchev–Trinajstić information content (AvgIpc) is 2.64. The number of hydrogen-bond donors (Lipinski definition) is 3. The Kier molecular flexibility index (Phi) is 4.94. The van der Waals surface area contributed by atoms with Crippen molar-refractivity contribution in [2.45, 2.75) is 0 Å². The van der Waals surface area contributed by atoms with E-state index in [4.69, 9.17) is 20.9 Å². The molecular formula is C20H19N3O3. The zero-order chi connectivity index (χ0) is 18.5. The Morgan fingerprint density at radius 2 is 1.62 bits per heavy atom. The molecule has 26 heavy (non-hydrogen) atoms. The van der Waals surface area contributed by atoms with Gasteiger partial charge in [-0.05, 0) is 48.0 Å². The van der Waals surface area contributed by atoms with Gasteiger partial charge < -0.3 is 20.9 Å². The number of anilines is 3. The first kappa shape index (κ1) is 17.2. The number of nitrogens with two attached hydrogens (primary N) is 2. The van der Waals surface area contributed by atoms with Gasteiger partial charge in [-0.1, -0.05) is 24.3 Å². The maximum absolute atomic E-state index is 12.2. The summed E-state index contributed by atoms with van der Waals surface area (Å²) < 4.78 is 10.3. The number of nitrogen functional groups attached to an aromatic ring is 2. The lowest BCUT2D eigenvalue weighted by Crippen LogP contribution is -2.17. The maximum Gasteiger partial charge on any atom is 0.417 e. The molecule has 0 spiro atoms. The van der Waals surface area contributed by atoms with E-state index in [9.17, 15) is 4.79 Å². The molecule has 0 aromatic heterocycles. The van der Waals surface area contributed by atoms with E-state index in [0.717, 1.165) is 11.1 Å². The summed E-state index contributed by atoms with van der Waals surface area (Å²) in [5.74, 6) is 1.07. The predicted octanol–water partition coefficient (Wildman–Crippen LogP) is 4.14. The summed E-state index contributed by atoms with van der Waals surface area (Å²) in [5, 5.41) is 2.66. The van der Waals surface area contributed by atoms with Gasteiger partial charge in [0.25, 0.3) is 0 Å². The zero-order valence-electron chi connectivity index (χ0n) is 14.2. The Bertz CT molecular complexity index is 924. The van der Waals surface area contributed by atoms with Crippen LogP contribution >= 0.6 is 0 Å². The van der Waals surface area contributed by atoms with E-state index in [1.54, 1.807) is 49.6 Å². The van der Waals surface area contributed by atoms with Crippen molar-refractivity contribution >= 4 is 23.2 Å². The quantitative estimate of drug-likeness (QED) is 0.615. The van der Waals surface area contributed by atoms with Crippen LogP contribution in [0.3, 0.4) is 0 Å². The molecule has 6 nitrogen and oxygen atoms in total. The minimum atomic E-state index is -0.633. The summed E-state index contributed by atoms with van der Waals surface area (Å²) in [6.07, 6.45) is -0.633. The van der Waals surface area contributed by atoms with Crippen LogP contribution in [0.25, 0.3) is 11.1 Å². The minimum Gasteiger partial charge on any atom is -0.497 e. The number of benzene rings is 3. The molecule has 3 rings (SSSR count). The molecule has 0 bridgehead atoms. The zero-order valence-corrected chi connectivity index (χ0v) is 14.2. The Balaban J connectivity index is 1.77. The topological polar surface area (TPSA) is 99.6 Å². The first-order valence-corrected chi connectivity index (χ1v) is 7.94. The van der Waals surface area contributed by atoms with Crippen LogP contribution in [0.2, 0.25) is 0 Å². The van der Waals surface area contributed by atoms with Gasteiger partial charge in [0.1, 0.15) is 11.5 Å². The van der Waals surface area contributed by atoms with Crippen LogP contribution < -0.4 is 26.3 Å². The van der Waals surface area contributed by atoms with E-state index in [0.29, 0.717) is 28.6 Å². The molecule has 0 radical (unpaired) electrons. The molecule has 0 aliphatic heterocycles. The van der Waals surface area contributed by atoms with Crippen molar-refractivity contribution in [3.8, 4) is 22.6 Å². The lowest BCUT2D eigenvalue weighted by atomic mass is 10.0. The third-order valence-electron chi connectivity index (χ3n) is 3.81. The molecule has 6 heteroatoms. The summed E-state index contributed by atoms with van der Waals surface area (Å²) in [6, 6.07) is 19.5. The monoisotopic (exact) mass is 349 g/mol. The number of rotatable bonds is 4. The van der Waals surface area contributed by atoms with Crippen molar-refractivity contribution < 1.29 is 14.3 Å². The lowest BCUT2D eigenvalue weighted by Gasteiger charge is -2.13. The smallest absolute Gasteiger partial charge is 0.417 e. The second-order valence-corrected chi connectivity index (χ2v) is 5.58. The van der Waals surface area contributed by atoms with Crippen LogP contribution in [-0.4, -0.2) is 13.2 Å². The number of nitrogens with one attached hydrogen (secondary N) is 1. The summed E-state index contributed by atoms with van der Waals surface area (Å²) in [7, 11) is 1.57. The van der Waals surface area contributed by atoms with Gasteiger partial charge >= 0.3 is 6.09 Å². The Morgan fingerprint density at radius 1 is 0.923 bits per heavy atom. The first-order valence-electron chi connectivity index (χ1n) is 7.94. The summed E-state index contributed by atoms with van der Waals surface area (Å²) in [5.41, 5.74) is 15.2. The van der Waals surface area contributed by atoms with Crippen molar-refractivity contribution in [2.24, 2.45) is 0 Å². The van der Waals surface area contributed by atoms with Gasteiger partial charge in [0.15, 0.2) is 0 Å². The maximum atomic E-state index is 12.2. The largest absolute Gasteiger partial charge is 0.497 e. The molecule has 0 atom stereocenters.